The van der Waals surface area contributed by atoms with Crippen molar-refractivity contribution < 1.29 is 4.79 Å². The molecular weight excluding hydrogens is 312 g/mol. The summed E-state index contributed by atoms with van der Waals surface area (Å²) < 4.78 is 0. The Morgan fingerprint density at radius 2 is 1.92 bits per heavy atom. The number of rotatable bonds is 2. The minimum absolute atomic E-state index is 0.0434. The van der Waals surface area contributed by atoms with Gasteiger partial charge in [-0.1, -0.05) is 24.3 Å². The second-order valence-electron chi connectivity index (χ2n) is 6.99. The number of hydrogen-bond donors (Lipinski definition) is 0. The number of hydrogen-bond acceptors (Lipinski definition) is 4. The zero-order valence-corrected chi connectivity index (χ0v) is 14.7. The fourth-order valence-electron chi connectivity index (χ4n) is 3.96. The normalized spacial score (nSPS) is 20.3. The highest BCUT2D eigenvalue weighted by molar-refractivity contribution is 5.85. The maximum atomic E-state index is 13.1. The van der Waals surface area contributed by atoms with E-state index < -0.39 is 0 Å². The number of benzene rings is 1. The van der Waals surface area contributed by atoms with Gasteiger partial charge in [-0.3, -0.25) is 4.79 Å². The molecule has 1 aliphatic carbocycles. The van der Waals surface area contributed by atoms with E-state index in [9.17, 15) is 4.79 Å². The lowest BCUT2D eigenvalue weighted by Crippen LogP contribution is -2.38. The Morgan fingerprint density at radius 3 is 2.76 bits per heavy atom. The molecule has 1 aromatic carbocycles. The van der Waals surface area contributed by atoms with Crippen LogP contribution in [0.15, 0.2) is 36.4 Å². The van der Waals surface area contributed by atoms with Crippen LogP contribution in [0.2, 0.25) is 0 Å². The zero-order chi connectivity index (χ0) is 17.2. The van der Waals surface area contributed by atoms with Crippen molar-refractivity contribution in [2.24, 2.45) is 0 Å². The Labute approximate surface area is 148 Å². The number of anilines is 1. The van der Waals surface area contributed by atoms with Crippen molar-refractivity contribution in [2.45, 2.75) is 32.1 Å². The van der Waals surface area contributed by atoms with Gasteiger partial charge in [-0.25, -0.2) is 0 Å². The molecular formula is C20H24N4O. The average molecular weight is 336 g/mol. The standard InChI is InChI=1S/C20H24N4O/c1-15-7-10-19(22-21-15)23-11-4-12-24(14-13-23)20(25)18-9-8-16-5-2-3-6-17(16)18/h2-3,5-7,10,18H,4,8-9,11-14H2,1H3/t18-/m1/s1. The van der Waals surface area contributed by atoms with Gasteiger partial charge in [0.2, 0.25) is 5.91 Å². The number of carbonyl (C=O) groups is 1. The molecule has 25 heavy (non-hydrogen) atoms. The number of aromatic nitrogens is 2. The van der Waals surface area contributed by atoms with E-state index in [0.29, 0.717) is 5.91 Å². The van der Waals surface area contributed by atoms with E-state index in [1.54, 1.807) is 0 Å². The molecule has 4 rings (SSSR count). The molecule has 5 heteroatoms. The minimum Gasteiger partial charge on any atom is -0.353 e. The molecule has 1 saturated heterocycles. The van der Waals surface area contributed by atoms with Gasteiger partial charge in [-0.15, -0.1) is 5.10 Å². The van der Waals surface area contributed by atoms with Crippen LogP contribution in [0, 0.1) is 6.92 Å². The lowest BCUT2D eigenvalue weighted by Gasteiger charge is -2.25. The second-order valence-corrected chi connectivity index (χ2v) is 6.99. The molecule has 0 saturated carbocycles. The van der Waals surface area contributed by atoms with E-state index in [-0.39, 0.29) is 5.92 Å². The molecule has 0 radical (unpaired) electrons. The number of nitrogens with zero attached hydrogens (tertiary/aromatic N) is 4. The van der Waals surface area contributed by atoms with Crippen molar-refractivity contribution in [2.75, 3.05) is 31.1 Å². The Balaban J connectivity index is 1.44. The summed E-state index contributed by atoms with van der Waals surface area (Å²) in [6.07, 6.45) is 2.93. The summed E-state index contributed by atoms with van der Waals surface area (Å²) in [5.41, 5.74) is 3.50. The Kier molecular flexibility index (Phi) is 4.38. The van der Waals surface area contributed by atoms with E-state index in [4.69, 9.17) is 0 Å². The van der Waals surface area contributed by atoms with Crippen LogP contribution in [-0.4, -0.2) is 47.2 Å². The van der Waals surface area contributed by atoms with Gasteiger partial charge in [-0.2, -0.15) is 5.10 Å². The molecule has 1 amide bonds. The molecule has 1 atom stereocenters. The molecule has 5 nitrogen and oxygen atoms in total. The summed E-state index contributed by atoms with van der Waals surface area (Å²) in [6.45, 7) is 5.26. The van der Waals surface area contributed by atoms with Gasteiger partial charge in [0.1, 0.15) is 0 Å². The maximum absolute atomic E-state index is 13.1. The SMILES string of the molecule is Cc1ccc(N2CCCN(C(=O)[C@@H]3CCc4ccccc43)CC2)nn1. The highest BCUT2D eigenvalue weighted by Gasteiger charge is 2.32. The molecule has 0 spiro atoms. The van der Waals surface area contributed by atoms with E-state index in [1.165, 1.54) is 11.1 Å². The van der Waals surface area contributed by atoms with Crippen LogP contribution < -0.4 is 4.90 Å². The van der Waals surface area contributed by atoms with Crippen LogP contribution in [0.5, 0.6) is 0 Å². The quantitative estimate of drug-likeness (QED) is 0.846. The summed E-state index contributed by atoms with van der Waals surface area (Å²) in [5, 5.41) is 8.45. The van der Waals surface area contributed by atoms with Gasteiger partial charge in [0.15, 0.2) is 5.82 Å². The van der Waals surface area contributed by atoms with Gasteiger partial charge < -0.3 is 9.80 Å². The highest BCUT2D eigenvalue weighted by Crippen LogP contribution is 2.34. The van der Waals surface area contributed by atoms with Crippen molar-refractivity contribution in [3.63, 3.8) is 0 Å². The number of fused-ring (bicyclic) bond motifs is 1. The molecule has 130 valence electrons. The lowest BCUT2D eigenvalue weighted by molar-refractivity contribution is -0.132. The predicted octanol–water partition coefficient (Wildman–Crippen LogP) is 2.55. The molecule has 1 fully saturated rings. The molecule has 2 aliphatic rings. The van der Waals surface area contributed by atoms with Crippen molar-refractivity contribution in [3.8, 4) is 0 Å². The molecule has 2 heterocycles. The third-order valence-electron chi connectivity index (χ3n) is 5.35. The Bertz CT molecular complexity index is 759. The van der Waals surface area contributed by atoms with E-state index in [1.807, 2.05) is 30.0 Å². The summed E-state index contributed by atoms with van der Waals surface area (Å²) in [7, 11) is 0. The highest BCUT2D eigenvalue weighted by atomic mass is 16.2. The lowest BCUT2D eigenvalue weighted by atomic mass is 10.00. The summed E-state index contributed by atoms with van der Waals surface area (Å²) in [5.74, 6) is 1.25. The molecule has 0 unspecified atom stereocenters. The van der Waals surface area contributed by atoms with Crippen molar-refractivity contribution in [1.82, 2.24) is 15.1 Å². The zero-order valence-electron chi connectivity index (χ0n) is 14.7. The molecule has 1 aromatic heterocycles. The van der Waals surface area contributed by atoms with Crippen LogP contribution in [0.3, 0.4) is 0 Å². The second kappa shape index (κ2) is 6.82. The van der Waals surface area contributed by atoms with Crippen molar-refractivity contribution in [1.29, 1.82) is 0 Å². The maximum Gasteiger partial charge on any atom is 0.230 e. The topological polar surface area (TPSA) is 49.3 Å². The Morgan fingerprint density at radius 1 is 1.04 bits per heavy atom. The Hall–Kier alpha value is -2.43. The molecule has 2 aromatic rings. The van der Waals surface area contributed by atoms with E-state index in [2.05, 4.69) is 33.3 Å². The number of carbonyl (C=O) groups excluding carboxylic acids is 1. The first-order chi connectivity index (χ1) is 12.2. The largest absolute Gasteiger partial charge is 0.353 e. The monoisotopic (exact) mass is 336 g/mol. The fourth-order valence-corrected chi connectivity index (χ4v) is 3.96. The van der Waals surface area contributed by atoms with E-state index >= 15 is 0 Å². The first-order valence-corrected chi connectivity index (χ1v) is 9.14. The van der Waals surface area contributed by atoms with Gasteiger partial charge in [-0.05, 0) is 49.4 Å². The summed E-state index contributed by atoms with van der Waals surface area (Å²) in [4.78, 5) is 17.4. The van der Waals surface area contributed by atoms with Gasteiger partial charge >= 0.3 is 0 Å². The number of aryl methyl sites for hydroxylation is 2. The fraction of sp³-hybridized carbons (Fsp3) is 0.450. The van der Waals surface area contributed by atoms with Gasteiger partial charge in [0, 0.05) is 26.2 Å². The van der Waals surface area contributed by atoms with Crippen LogP contribution in [0.25, 0.3) is 0 Å². The third-order valence-corrected chi connectivity index (χ3v) is 5.35. The summed E-state index contributed by atoms with van der Waals surface area (Å²) in [6, 6.07) is 12.4. The molecule has 0 N–H and O–H groups in total. The van der Waals surface area contributed by atoms with Crippen molar-refractivity contribution in [3.05, 3.63) is 53.2 Å². The predicted molar refractivity (Wildman–Crippen MR) is 97.7 cm³/mol. The van der Waals surface area contributed by atoms with Gasteiger partial charge in [0.25, 0.3) is 0 Å². The third kappa shape index (κ3) is 3.23. The molecule has 1 aliphatic heterocycles. The van der Waals surface area contributed by atoms with Crippen LogP contribution in [0.1, 0.15) is 35.6 Å². The van der Waals surface area contributed by atoms with Gasteiger partial charge in [0.05, 0.1) is 11.6 Å². The summed E-state index contributed by atoms with van der Waals surface area (Å²) >= 11 is 0. The first kappa shape index (κ1) is 16.1. The van der Waals surface area contributed by atoms with Crippen LogP contribution >= 0.6 is 0 Å². The molecule has 0 bridgehead atoms. The van der Waals surface area contributed by atoms with Crippen molar-refractivity contribution >= 4 is 11.7 Å². The van der Waals surface area contributed by atoms with Crippen LogP contribution in [0.4, 0.5) is 5.82 Å². The van der Waals surface area contributed by atoms with E-state index in [0.717, 1.165) is 57.0 Å². The number of amides is 1. The minimum atomic E-state index is 0.0434. The van der Waals surface area contributed by atoms with Crippen LogP contribution in [-0.2, 0) is 11.2 Å². The first-order valence-electron chi connectivity index (χ1n) is 9.14. The average Bonchev–Trinajstić information content (AvgIpc) is 2.91. The smallest absolute Gasteiger partial charge is 0.230 e.